The van der Waals surface area contributed by atoms with Gasteiger partial charge in [-0.25, -0.2) is 4.39 Å². The molecule has 0 atom stereocenters. The van der Waals surface area contributed by atoms with Crippen LogP contribution < -0.4 is 16.0 Å². The monoisotopic (exact) mass is 329 g/mol. The fourth-order valence-electron chi connectivity index (χ4n) is 1.44. The average molecular weight is 330 g/mol. The van der Waals surface area contributed by atoms with E-state index < -0.39 is 11.6 Å². The summed E-state index contributed by atoms with van der Waals surface area (Å²) in [6.07, 6.45) is 1.53. The summed E-state index contributed by atoms with van der Waals surface area (Å²) >= 11 is 3.07. The van der Waals surface area contributed by atoms with Gasteiger partial charge in [-0.15, -0.1) is 0 Å². The van der Waals surface area contributed by atoms with Crippen LogP contribution in [-0.4, -0.2) is 4.98 Å². The Labute approximate surface area is 116 Å². The van der Waals surface area contributed by atoms with Crippen molar-refractivity contribution in [1.29, 1.82) is 0 Å². The van der Waals surface area contributed by atoms with E-state index in [4.69, 9.17) is 10.6 Å². The fourth-order valence-corrected chi connectivity index (χ4v) is 1.84. The quantitative estimate of drug-likeness (QED) is 0.514. The van der Waals surface area contributed by atoms with E-state index >= 15 is 0 Å². The summed E-state index contributed by atoms with van der Waals surface area (Å²) in [4.78, 5) is 4.03. The van der Waals surface area contributed by atoms with E-state index in [-0.39, 0.29) is 12.4 Å². The molecule has 100 valence electrons. The van der Waals surface area contributed by atoms with E-state index in [0.29, 0.717) is 15.9 Å². The highest BCUT2D eigenvalue weighted by atomic mass is 79.9. The second kappa shape index (κ2) is 5.94. The van der Waals surface area contributed by atoms with E-state index in [2.05, 4.69) is 26.3 Å². The average Bonchev–Trinajstić information content (AvgIpc) is 2.41. The van der Waals surface area contributed by atoms with E-state index in [1.165, 1.54) is 12.3 Å². The minimum absolute atomic E-state index is 0.00231. The third kappa shape index (κ3) is 3.39. The Balaban J connectivity index is 2.14. The van der Waals surface area contributed by atoms with Gasteiger partial charge in [0.2, 0.25) is 5.82 Å². The molecule has 0 saturated carbocycles. The number of anilines is 1. The number of nitrogens with zero attached hydrogens (tertiary/aromatic N) is 1. The lowest BCUT2D eigenvalue weighted by Gasteiger charge is -2.08. The number of benzene rings is 1. The number of aromatic nitrogens is 1. The Hall–Kier alpha value is -1.73. The van der Waals surface area contributed by atoms with Gasteiger partial charge < -0.3 is 10.2 Å². The molecule has 0 saturated heterocycles. The third-order valence-electron chi connectivity index (χ3n) is 2.32. The highest BCUT2D eigenvalue weighted by Crippen LogP contribution is 2.26. The number of nitrogens with two attached hydrogens (primary N) is 1. The van der Waals surface area contributed by atoms with Gasteiger partial charge in [-0.3, -0.25) is 10.8 Å². The first kappa shape index (κ1) is 13.7. The normalized spacial score (nSPS) is 10.3. The summed E-state index contributed by atoms with van der Waals surface area (Å²) in [5.74, 6) is 3.07. The van der Waals surface area contributed by atoms with Crippen molar-refractivity contribution in [3.05, 3.63) is 52.3 Å². The molecule has 0 aliphatic rings. The van der Waals surface area contributed by atoms with Crippen LogP contribution in [0.4, 0.5) is 14.5 Å². The predicted octanol–water partition coefficient (Wildman–Crippen LogP) is 2.99. The number of halogens is 3. The Bertz CT molecular complexity index is 595. The standard InChI is InChI=1S/C12H10BrF2N3O/c13-7-3-10(14)12(15)11(4-7)19-6-9-5-8(18-16)1-2-17-9/h1-5H,6,16H2,(H,17,18). The molecule has 3 N–H and O–H groups in total. The first-order valence-electron chi connectivity index (χ1n) is 5.29. The van der Waals surface area contributed by atoms with Crippen LogP contribution in [0.15, 0.2) is 34.9 Å². The van der Waals surface area contributed by atoms with Crippen LogP contribution >= 0.6 is 15.9 Å². The van der Waals surface area contributed by atoms with Crippen LogP contribution in [0.3, 0.4) is 0 Å². The maximum atomic E-state index is 13.5. The molecule has 19 heavy (non-hydrogen) atoms. The molecule has 0 amide bonds. The van der Waals surface area contributed by atoms with Gasteiger partial charge in [0.15, 0.2) is 11.6 Å². The van der Waals surface area contributed by atoms with Crippen LogP contribution in [0.1, 0.15) is 5.69 Å². The molecule has 0 aliphatic carbocycles. The number of hydrogen-bond donors (Lipinski definition) is 2. The van der Waals surface area contributed by atoms with Crippen LogP contribution in [0.25, 0.3) is 0 Å². The molecule has 0 radical (unpaired) electrons. The van der Waals surface area contributed by atoms with Crippen LogP contribution in [0.5, 0.6) is 5.75 Å². The molecule has 0 aliphatic heterocycles. The zero-order chi connectivity index (χ0) is 13.8. The van der Waals surface area contributed by atoms with Gasteiger partial charge >= 0.3 is 0 Å². The molecule has 2 aromatic rings. The summed E-state index contributed by atoms with van der Waals surface area (Å²) in [7, 11) is 0. The lowest BCUT2D eigenvalue weighted by Crippen LogP contribution is -2.08. The van der Waals surface area contributed by atoms with Gasteiger partial charge in [0.25, 0.3) is 0 Å². The van der Waals surface area contributed by atoms with Crippen molar-refractivity contribution in [2.45, 2.75) is 6.61 Å². The molecular formula is C12H10BrF2N3O. The number of nitrogen functional groups attached to an aromatic ring is 1. The van der Waals surface area contributed by atoms with Crippen molar-refractivity contribution in [2.75, 3.05) is 5.43 Å². The smallest absolute Gasteiger partial charge is 0.200 e. The third-order valence-corrected chi connectivity index (χ3v) is 2.78. The summed E-state index contributed by atoms with van der Waals surface area (Å²) in [5.41, 5.74) is 3.64. The van der Waals surface area contributed by atoms with Crippen molar-refractivity contribution in [2.24, 2.45) is 5.84 Å². The lowest BCUT2D eigenvalue weighted by atomic mass is 10.3. The zero-order valence-corrected chi connectivity index (χ0v) is 11.2. The maximum Gasteiger partial charge on any atom is 0.200 e. The molecular weight excluding hydrogens is 320 g/mol. The van der Waals surface area contributed by atoms with E-state index in [9.17, 15) is 8.78 Å². The highest BCUT2D eigenvalue weighted by Gasteiger charge is 2.11. The summed E-state index contributed by atoms with van der Waals surface area (Å²) in [6, 6.07) is 5.69. The van der Waals surface area contributed by atoms with Crippen LogP contribution in [0, 0.1) is 11.6 Å². The first-order valence-corrected chi connectivity index (χ1v) is 6.08. The number of hydrazine groups is 1. The molecule has 0 fully saturated rings. The molecule has 2 rings (SSSR count). The second-order valence-corrected chi connectivity index (χ2v) is 4.58. The summed E-state index contributed by atoms with van der Waals surface area (Å²) in [5, 5.41) is 0. The fraction of sp³-hybridized carbons (Fsp3) is 0.0833. The van der Waals surface area contributed by atoms with E-state index in [1.54, 1.807) is 12.1 Å². The highest BCUT2D eigenvalue weighted by molar-refractivity contribution is 9.10. The Morgan fingerprint density at radius 2 is 2.11 bits per heavy atom. The molecule has 0 unspecified atom stereocenters. The molecule has 7 heteroatoms. The second-order valence-electron chi connectivity index (χ2n) is 3.67. The molecule has 0 spiro atoms. The lowest BCUT2D eigenvalue weighted by molar-refractivity contribution is 0.280. The van der Waals surface area contributed by atoms with Crippen molar-refractivity contribution >= 4 is 21.6 Å². The minimum Gasteiger partial charge on any atom is -0.484 e. The molecule has 1 aromatic carbocycles. The molecule has 1 heterocycles. The van der Waals surface area contributed by atoms with Crippen molar-refractivity contribution < 1.29 is 13.5 Å². The van der Waals surface area contributed by atoms with Crippen LogP contribution in [-0.2, 0) is 6.61 Å². The van der Waals surface area contributed by atoms with Gasteiger partial charge in [0, 0.05) is 10.7 Å². The molecule has 0 bridgehead atoms. The van der Waals surface area contributed by atoms with Crippen molar-refractivity contribution in [3.8, 4) is 5.75 Å². The van der Waals surface area contributed by atoms with Crippen molar-refractivity contribution in [3.63, 3.8) is 0 Å². The number of pyridine rings is 1. The summed E-state index contributed by atoms with van der Waals surface area (Å²) < 4.78 is 32.2. The minimum atomic E-state index is -1.03. The topological polar surface area (TPSA) is 60.2 Å². The maximum absolute atomic E-state index is 13.5. The Kier molecular flexibility index (Phi) is 4.28. The number of nitrogens with one attached hydrogen (secondary N) is 1. The van der Waals surface area contributed by atoms with E-state index in [1.807, 2.05) is 0 Å². The van der Waals surface area contributed by atoms with Gasteiger partial charge in [0.1, 0.15) is 6.61 Å². The SMILES string of the molecule is NNc1ccnc(COc2cc(Br)cc(F)c2F)c1. The first-order chi connectivity index (χ1) is 9.10. The van der Waals surface area contributed by atoms with Gasteiger partial charge in [-0.05, 0) is 24.3 Å². The summed E-state index contributed by atoms with van der Waals surface area (Å²) in [6.45, 7) is 0.00231. The predicted molar refractivity (Wildman–Crippen MR) is 70.4 cm³/mol. The Morgan fingerprint density at radius 3 is 2.84 bits per heavy atom. The Morgan fingerprint density at radius 1 is 1.32 bits per heavy atom. The molecule has 1 aromatic heterocycles. The number of ether oxygens (including phenoxy) is 1. The van der Waals surface area contributed by atoms with Gasteiger partial charge in [-0.1, -0.05) is 15.9 Å². The largest absolute Gasteiger partial charge is 0.484 e. The van der Waals surface area contributed by atoms with Gasteiger partial charge in [0.05, 0.1) is 11.4 Å². The van der Waals surface area contributed by atoms with E-state index in [0.717, 1.165) is 6.07 Å². The van der Waals surface area contributed by atoms with Crippen molar-refractivity contribution in [1.82, 2.24) is 4.98 Å². The number of rotatable bonds is 4. The molecule has 4 nitrogen and oxygen atoms in total. The van der Waals surface area contributed by atoms with Gasteiger partial charge in [-0.2, -0.15) is 4.39 Å². The van der Waals surface area contributed by atoms with Crippen LogP contribution in [0.2, 0.25) is 0 Å². The zero-order valence-electron chi connectivity index (χ0n) is 9.66. The number of hydrogen-bond acceptors (Lipinski definition) is 4.